The number of esters is 1. The van der Waals surface area contributed by atoms with E-state index < -0.39 is 0 Å². The summed E-state index contributed by atoms with van der Waals surface area (Å²) in [6.07, 6.45) is 5.08. The predicted molar refractivity (Wildman–Crippen MR) is 112 cm³/mol. The van der Waals surface area contributed by atoms with Crippen LogP contribution in [0.4, 0.5) is 0 Å². The highest BCUT2D eigenvalue weighted by atomic mass is 16.5. The first-order valence-corrected chi connectivity index (χ1v) is 10.5. The summed E-state index contributed by atoms with van der Waals surface area (Å²) in [5, 5.41) is 0. The maximum Gasteiger partial charge on any atom is 0.305 e. The van der Waals surface area contributed by atoms with Gasteiger partial charge in [-0.25, -0.2) is 0 Å². The van der Waals surface area contributed by atoms with Crippen molar-refractivity contribution in [3.05, 3.63) is 71.8 Å². The van der Waals surface area contributed by atoms with Crippen LogP contribution >= 0.6 is 0 Å². The van der Waals surface area contributed by atoms with Crippen LogP contribution in [-0.4, -0.2) is 37.1 Å². The Hall–Kier alpha value is -2.13. The molecular formula is C25H31NO2. The summed E-state index contributed by atoms with van der Waals surface area (Å²) in [7, 11) is 3.78. The van der Waals surface area contributed by atoms with Crippen LogP contribution in [0.2, 0.25) is 0 Å². The Balaban J connectivity index is 1.55. The Kier molecular flexibility index (Phi) is 5.82. The molecular weight excluding hydrogens is 346 g/mol. The third-order valence-corrected chi connectivity index (χ3v) is 7.09. The number of hydrogen-bond acceptors (Lipinski definition) is 3. The molecule has 2 aromatic carbocycles. The number of ether oxygens (including phenoxy) is 1. The third kappa shape index (κ3) is 4.00. The Morgan fingerprint density at radius 2 is 1.43 bits per heavy atom. The zero-order chi connectivity index (χ0) is 19.5. The highest BCUT2D eigenvalue weighted by Gasteiger charge is 2.50. The van der Waals surface area contributed by atoms with Crippen molar-refractivity contribution >= 4 is 5.97 Å². The summed E-state index contributed by atoms with van der Waals surface area (Å²) >= 11 is 0. The molecule has 4 rings (SSSR count). The molecule has 0 N–H and O–H groups in total. The maximum atomic E-state index is 12.2. The number of nitrogens with zero attached hydrogens (tertiary/aromatic N) is 1. The molecule has 2 heterocycles. The molecule has 0 radical (unpaired) electrons. The van der Waals surface area contributed by atoms with E-state index in [4.69, 9.17) is 4.74 Å². The van der Waals surface area contributed by atoms with E-state index in [1.807, 2.05) is 0 Å². The van der Waals surface area contributed by atoms with Crippen LogP contribution in [-0.2, 0) is 22.4 Å². The lowest BCUT2D eigenvalue weighted by atomic mass is 9.75. The first kappa shape index (κ1) is 19.2. The second-order valence-corrected chi connectivity index (χ2v) is 8.62. The van der Waals surface area contributed by atoms with Crippen molar-refractivity contribution in [2.45, 2.75) is 44.2 Å². The molecule has 2 aromatic rings. The molecule has 0 amide bonds. The van der Waals surface area contributed by atoms with Gasteiger partial charge in [-0.15, -0.1) is 0 Å². The lowest BCUT2D eigenvalue weighted by molar-refractivity contribution is -0.143. The molecule has 3 nitrogen and oxygen atoms in total. The molecule has 0 aliphatic carbocycles. The van der Waals surface area contributed by atoms with E-state index >= 15 is 0 Å². The number of benzene rings is 2. The fourth-order valence-electron chi connectivity index (χ4n) is 5.71. The maximum absolute atomic E-state index is 12.2. The van der Waals surface area contributed by atoms with Gasteiger partial charge in [0.2, 0.25) is 0 Å². The van der Waals surface area contributed by atoms with Crippen LogP contribution in [0.25, 0.3) is 0 Å². The summed E-state index contributed by atoms with van der Waals surface area (Å²) in [5.41, 5.74) is 2.81. The Bertz CT molecular complexity index is 776. The van der Waals surface area contributed by atoms with Crippen LogP contribution in [0, 0.1) is 17.8 Å². The minimum absolute atomic E-state index is 0.0681. The number of hydrogen-bond donors (Lipinski definition) is 0. The number of piperidine rings is 1. The molecule has 2 aliphatic heterocycles. The Labute approximate surface area is 168 Å². The predicted octanol–water partition coefficient (Wildman–Crippen LogP) is 4.36. The van der Waals surface area contributed by atoms with Crippen LogP contribution in [0.1, 0.15) is 30.4 Å². The van der Waals surface area contributed by atoms with Crippen molar-refractivity contribution in [1.29, 1.82) is 0 Å². The molecule has 5 atom stereocenters. The second-order valence-electron chi connectivity index (χ2n) is 8.62. The molecule has 28 heavy (non-hydrogen) atoms. The lowest BCUT2D eigenvalue weighted by Crippen LogP contribution is -2.48. The monoisotopic (exact) mass is 377 g/mol. The minimum Gasteiger partial charge on any atom is -0.469 e. The van der Waals surface area contributed by atoms with Crippen molar-refractivity contribution in [3.63, 3.8) is 0 Å². The van der Waals surface area contributed by atoms with Crippen molar-refractivity contribution in [2.24, 2.45) is 17.8 Å². The number of methoxy groups -OCH3 is 1. The smallest absolute Gasteiger partial charge is 0.305 e. The summed E-state index contributed by atoms with van der Waals surface area (Å²) in [6.45, 7) is 0. The first-order chi connectivity index (χ1) is 13.7. The van der Waals surface area contributed by atoms with Gasteiger partial charge in [-0.05, 0) is 61.6 Å². The lowest BCUT2D eigenvalue weighted by Gasteiger charge is -2.43. The van der Waals surface area contributed by atoms with Gasteiger partial charge < -0.3 is 4.74 Å². The van der Waals surface area contributed by atoms with Crippen molar-refractivity contribution < 1.29 is 9.53 Å². The van der Waals surface area contributed by atoms with Crippen LogP contribution in [0.5, 0.6) is 0 Å². The van der Waals surface area contributed by atoms with Crippen molar-refractivity contribution in [1.82, 2.24) is 4.90 Å². The number of rotatable bonds is 6. The highest BCUT2D eigenvalue weighted by molar-refractivity contribution is 5.69. The molecule has 2 bridgehead atoms. The van der Waals surface area contributed by atoms with Gasteiger partial charge in [0.05, 0.1) is 13.5 Å². The zero-order valence-electron chi connectivity index (χ0n) is 17.0. The van der Waals surface area contributed by atoms with Gasteiger partial charge in [-0.3, -0.25) is 9.69 Å². The molecule has 0 spiro atoms. The van der Waals surface area contributed by atoms with Crippen LogP contribution in [0.3, 0.4) is 0 Å². The third-order valence-electron chi connectivity index (χ3n) is 7.09. The molecule has 0 saturated carbocycles. The normalized spacial score (nSPS) is 29.6. The van der Waals surface area contributed by atoms with E-state index in [1.54, 1.807) is 0 Å². The number of carbonyl (C=O) groups excluding carboxylic acids is 1. The quantitative estimate of drug-likeness (QED) is 0.701. The van der Waals surface area contributed by atoms with Gasteiger partial charge in [0.1, 0.15) is 0 Å². The second kappa shape index (κ2) is 8.48. The highest BCUT2D eigenvalue weighted by Crippen LogP contribution is 2.47. The largest absolute Gasteiger partial charge is 0.469 e. The van der Waals surface area contributed by atoms with Gasteiger partial charge in [0, 0.05) is 12.1 Å². The van der Waals surface area contributed by atoms with E-state index in [2.05, 4.69) is 72.6 Å². The van der Waals surface area contributed by atoms with Crippen LogP contribution < -0.4 is 0 Å². The number of carbonyl (C=O) groups is 1. The van der Waals surface area contributed by atoms with Gasteiger partial charge in [0.15, 0.2) is 0 Å². The zero-order valence-corrected chi connectivity index (χ0v) is 17.0. The summed E-state index contributed by atoms with van der Waals surface area (Å²) < 4.78 is 5.06. The van der Waals surface area contributed by atoms with E-state index in [1.165, 1.54) is 31.1 Å². The average Bonchev–Trinajstić information content (AvgIpc) is 2.93. The summed E-state index contributed by atoms with van der Waals surface area (Å²) in [6, 6.07) is 22.7. The van der Waals surface area contributed by atoms with E-state index in [9.17, 15) is 4.79 Å². The molecule has 0 unspecified atom stereocenters. The summed E-state index contributed by atoms with van der Waals surface area (Å²) in [5.74, 6) is 1.50. The molecule has 0 aromatic heterocycles. The first-order valence-electron chi connectivity index (χ1n) is 10.5. The molecule has 2 fully saturated rings. The molecule has 2 aliphatic rings. The van der Waals surface area contributed by atoms with Gasteiger partial charge >= 0.3 is 5.97 Å². The Morgan fingerprint density at radius 3 is 2.00 bits per heavy atom. The SMILES string of the molecule is COC(=O)C[C@@H]1[C@@H](Cc2ccccc2)C[C@@H]2[C@H](Cc3ccccc3)C[C@H]1N2C. The van der Waals surface area contributed by atoms with E-state index in [0.29, 0.717) is 36.3 Å². The van der Waals surface area contributed by atoms with Crippen molar-refractivity contribution in [2.75, 3.05) is 14.2 Å². The van der Waals surface area contributed by atoms with E-state index in [-0.39, 0.29) is 5.97 Å². The fourth-order valence-corrected chi connectivity index (χ4v) is 5.71. The standard InChI is InChI=1S/C25H31NO2/c1-26-23-15-20(13-18-9-5-3-6-10-18)22(17-25(27)28-2)24(26)16-21(23)14-19-11-7-4-8-12-19/h3-12,20-24H,13-17H2,1-2H3/t20-,21+,22+,23+,24+/m0/s1. The Morgan fingerprint density at radius 1 is 0.893 bits per heavy atom. The topological polar surface area (TPSA) is 29.5 Å². The van der Waals surface area contributed by atoms with Crippen molar-refractivity contribution in [3.8, 4) is 0 Å². The van der Waals surface area contributed by atoms with Gasteiger partial charge in [-0.1, -0.05) is 60.7 Å². The summed E-state index contributed by atoms with van der Waals surface area (Å²) in [4.78, 5) is 14.8. The fraction of sp³-hybridized carbons (Fsp3) is 0.480. The minimum atomic E-state index is -0.0681. The molecule has 3 heteroatoms. The van der Waals surface area contributed by atoms with Gasteiger partial charge in [-0.2, -0.15) is 0 Å². The molecule has 148 valence electrons. The van der Waals surface area contributed by atoms with Crippen LogP contribution in [0.15, 0.2) is 60.7 Å². The van der Waals surface area contributed by atoms with Gasteiger partial charge in [0.25, 0.3) is 0 Å². The van der Waals surface area contributed by atoms with E-state index in [0.717, 1.165) is 12.8 Å². The average molecular weight is 378 g/mol. The number of fused-ring (bicyclic) bond motifs is 2. The molecule has 2 saturated heterocycles.